The van der Waals surface area contributed by atoms with E-state index in [9.17, 15) is 9.59 Å². The summed E-state index contributed by atoms with van der Waals surface area (Å²) in [5.41, 5.74) is 1.30. The zero-order chi connectivity index (χ0) is 23.1. The lowest BCUT2D eigenvalue weighted by molar-refractivity contribution is -0.717. The van der Waals surface area contributed by atoms with E-state index in [2.05, 4.69) is 47.3 Å². The highest BCUT2D eigenvalue weighted by atomic mass is 16.5. The first kappa shape index (κ1) is 25.2. The van der Waals surface area contributed by atoms with Crippen LogP contribution in [-0.2, 0) is 14.3 Å². The number of hydrogen-bond acceptors (Lipinski definition) is 4. The number of ether oxygens (including phenoxy) is 1. The molecule has 0 radical (unpaired) electrons. The van der Waals surface area contributed by atoms with Crippen LogP contribution in [0, 0.1) is 23.7 Å². The molecule has 2 heterocycles. The molecule has 1 aliphatic carbocycles. The van der Waals surface area contributed by atoms with E-state index in [0.29, 0.717) is 48.7 Å². The maximum absolute atomic E-state index is 13.1. The lowest BCUT2D eigenvalue weighted by atomic mass is 9.69. The van der Waals surface area contributed by atoms with E-state index in [1.807, 2.05) is 0 Å². The molecule has 0 aromatic heterocycles. The minimum atomic E-state index is -0.0664. The van der Waals surface area contributed by atoms with Crippen LogP contribution in [0.15, 0.2) is 11.6 Å². The first-order chi connectivity index (χ1) is 15.4. The molecule has 3 aliphatic rings. The summed E-state index contributed by atoms with van der Waals surface area (Å²) in [5.74, 6) is 1.85. The van der Waals surface area contributed by atoms with Crippen LogP contribution in [0.4, 0.5) is 0 Å². The molecule has 2 aliphatic heterocycles. The van der Waals surface area contributed by atoms with Crippen LogP contribution in [0.25, 0.3) is 0 Å². The molecular weight excluding hydrogens is 404 g/mol. The lowest BCUT2D eigenvalue weighted by Crippen LogP contribution is -2.95. The quantitative estimate of drug-likeness (QED) is 0.546. The first-order valence-electron chi connectivity index (χ1n) is 12.7. The molecule has 2 fully saturated rings. The summed E-state index contributed by atoms with van der Waals surface area (Å²) in [6.45, 7) is 12.4. The summed E-state index contributed by atoms with van der Waals surface area (Å²) < 4.78 is 4.92. The van der Waals surface area contributed by atoms with Gasteiger partial charge in [-0.05, 0) is 49.9 Å². The third-order valence-electron chi connectivity index (χ3n) is 7.84. The molecule has 0 aromatic carbocycles. The van der Waals surface area contributed by atoms with Gasteiger partial charge in [0.25, 0.3) is 0 Å². The van der Waals surface area contributed by atoms with Gasteiger partial charge in [0.15, 0.2) is 0 Å². The molecule has 3 N–H and O–H groups in total. The third kappa shape index (κ3) is 6.78. The fourth-order valence-corrected chi connectivity index (χ4v) is 5.82. The zero-order valence-electron chi connectivity index (χ0n) is 20.6. The molecule has 0 bridgehead atoms. The van der Waals surface area contributed by atoms with Gasteiger partial charge >= 0.3 is 0 Å². The van der Waals surface area contributed by atoms with E-state index < -0.39 is 0 Å². The maximum atomic E-state index is 13.1. The van der Waals surface area contributed by atoms with Crippen LogP contribution >= 0.6 is 0 Å². The number of hydrogen-bond donors (Lipinski definition) is 2. The Bertz CT molecular complexity index is 652. The molecule has 4 atom stereocenters. The van der Waals surface area contributed by atoms with Gasteiger partial charge in [-0.25, -0.2) is 0 Å². The van der Waals surface area contributed by atoms with Crippen LogP contribution in [0.1, 0.15) is 52.9 Å². The van der Waals surface area contributed by atoms with Gasteiger partial charge in [0, 0.05) is 52.7 Å². The minimum absolute atomic E-state index is 0.0664. The van der Waals surface area contributed by atoms with E-state index in [-0.39, 0.29) is 12.5 Å². The van der Waals surface area contributed by atoms with Crippen molar-refractivity contribution in [2.24, 2.45) is 23.7 Å². The summed E-state index contributed by atoms with van der Waals surface area (Å²) in [6, 6.07) is 0. The smallest absolute Gasteiger partial charge is 0.246 e. The van der Waals surface area contributed by atoms with Crippen molar-refractivity contribution < 1.29 is 19.6 Å². The number of rotatable bonds is 8. The van der Waals surface area contributed by atoms with Crippen LogP contribution < -0.4 is 10.6 Å². The number of nitrogens with zero attached hydrogens (tertiary/aromatic N) is 2. The summed E-state index contributed by atoms with van der Waals surface area (Å²) in [4.78, 5) is 29.6. The van der Waals surface area contributed by atoms with Gasteiger partial charge in [-0.15, -0.1) is 0 Å². The largest absolute Gasteiger partial charge is 0.375 e. The molecular formula is C25H45N4O3+. The second-order valence-corrected chi connectivity index (χ2v) is 10.4. The van der Waals surface area contributed by atoms with Crippen LogP contribution in [-0.4, -0.2) is 80.8 Å². The minimum Gasteiger partial charge on any atom is -0.375 e. The Morgan fingerprint density at radius 3 is 2.59 bits per heavy atom. The number of piperidine rings is 1. The molecule has 0 aromatic rings. The van der Waals surface area contributed by atoms with Crippen LogP contribution in [0.2, 0.25) is 0 Å². The second kappa shape index (κ2) is 12.1. The predicted octanol–water partition coefficient (Wildman–Crippen LogP) is 1.21. The number of carbonyl (C=O) groups excluding carboxylic acids is 2. The molecule has 7 heteroatoms. The van der Waals surface area contributed by atoms with Gasteiger partial charge in [0.2, 0.25) is 11.8 Å². The number of piperazine rings is 1. The Morgan fingerprint density at radius 2 is 1.97 bits per heavy atom. The SMILES string of the molecule is COCC(=O)NCC1C=C(C)C(CC(=O)N2CCN(C3CCCC[NH2+]3)CC2)CC1C(C)C. The number of methoxy groups -OCH3 is 1. The Balaban J connectivity index is 1.52. The van der Waals surface area contributed by atoms with E-state index in [1.165, 1.54) is 38.5 Å². The number of amides is 2. The number of allylic oxidation sites excluding steroid dienone is 1. The van der Waals surface area contributed by atoms with Gasteiger partial charge in [0.05, 0.1) is 6.54 Å². The van der Waals surface area contributed by atoms with Gasteiger partial charge in [0.1, 0.15) is 12.8 Å². The Morgan fingerprint density at radius 1 is 1.22 bits per heavy atom. The third-order valence-corrected chi connectivity index (χ3v) is 7.84. The number of carbonyl (C=O) groups is 2. The Hall–Kier alpha value is -1.44. The van der Waals surface area contributed by atoms with E-state index in [0.717, 1.165) is 32.6 Å². The van der Waals surface area contributed by atoms with Crippen molar-refractivity contribution in [2.45, 2.75) is 59.0 Å². The average molecular weight is 450 g/mol. The maximum Gasteiger partial charge on any atom is 0.246 e. The zero-order valence-corrected chi connectivity index (χ0v) is 20.6. The molecule has 3 rings (SSSR count). The summed E-state index contributed by atoms with van der Waals surface area (Å²) in [5, 5.41) is 5.49. The topological polar surface area (TPSA) is 78.5 Å². The lowest BCUT2D eigenvalue weighted by Gasteiger charge is -2.40. The fraction of sp³-hybridized carbons (Fsp3) is 0.840. The van der Waals surface area contributed by atoms with Crippen molar-refractivity contribution in [2.75, 3.05) is 53.0 Å². The van der Waals surface area contributed by atoms with E-state index in [4.69, 9.17) is 4.74 Å². The highest BCUT2D eigenvalue weighted by Gasteiger charge is 2.34. The van der Waals surface area contributed by atoms with Crippen LogP contribution in [0.5, 0.6) is 0 Å². The standard InChI is InChI=1S/C25H44N4O3/c1-18(2)22-14-20(19(3)13-21(22)16-27-24(30)17-32-4)15-25(31)29-11-9-28(10-12-29)23-7-5-6-8-26-23/h13,18,20-23,26H,5-12,14-17H2,1-4H3,(H,27,30)/p+1. The molecule has 7 nitrogen and oxygen atoms in total. The Kier molecular flexibility index (Phi) is 9.56. The van der Waals surface area contributed by atoms with Crippen molar-refractivity contribution in [3.05, 3.63) is 11.6 Å². The van der Waals surface area contributed by atoms with Crippen molar-refractivity contribution >= 4 is 11.8 Å². The van der Waals surface area contributed by atoms with Crippen molar-refractivity contribution in [1.82, 2.24) is 15.1 Å². The highest BCUT2D eigenvalue weighted by Crippen LogP contribution is 2.39. The Labute approximate surface area is 194 Å². The predicted molar refractivity (Wildman–Crippen MR) is 126 cm³/mol. The summed E-state index contributed by atoms with van der Waals surface area (Å²) in [7, 11) is 1.54. The van der Waals surface area contributed by atoms with Crippen molar-refractivity contribution in [3.63, 3.8) is 0 Å². The normalized spacial score (nSPS) is 29.7. The van der Waals surface area contributed by atoms with E-state index in [1.54, 1.807) is 0 Å². The van der Waals surface area contributed by atoms with Gasteiger partial charge in [-0.2, -0.15) is 0 Å². The number of nitrogens with one attached hydrogen (secondary N) is 1. The van der Waals surface area contributed by atoms with Gasteiger partial charge in [-0.3, -0.25) is 14.5 Å². The fourth-order valence-electron chi connectivity index (χ4n) is 5.82. The van der Waals surface area contributed by atoms with Gasteiger partial charge < -0.3 is 20.3 Å². The molecule has 0 spiro atoms. The molecule has 4 unspecified atom stereocenters. The summed E-state index contributed by atoms with van der Waals surface area (Å²) in [6.07, 6.45) is 8.53. The molecule has 0 saturated carbocycles. The average Bonchev–Trinajstić information content (AvgIpc) is 2.79. The van der Waals surface area contributed by atoms with E-state index >= 15 is 0 Å². The van der Waals surface area contributed by atoms with Crippen LogP contribution in [0.3, 0.4) is 0 Å². The first-order valence-corrected chi connectivity index (χ1v) is 12.7. The van der Waals surface area contributed by atoms with Crippen molar-refractivity contribution in [3.8, 4) is 0 Å². The molecule has 2 amide bonds. The molecule has 182 valence electrons. The highest BCUT2D eigenvalue weighted by molar-refractivity contribution is 5.77. The monoisotopic (exact) mass is 449 g/mol. The summed E-state index contributed by atoms with van der Waals surface area (Å²) >= 11 is 0. The molecule has 32 heavy (non-hydrogen) atoms. The number of quaternary nitrogens is 1. The van der Waals surface area contributed by atoms with Gasteiger partial charge in [-0.1, -0.05) is 25.5 Å². The second-order valence-electron chi connectivity index (χ2n) is 10.4. The molecule has 2 saturated heterocycles. The number of nitrogens with two attached hydrogens (primary N) is 1. The van der Waals surface area contributed by atoms with Crippen molar-refractivity contribution in [1.29, 1.82) is 0 Å².